The Kier molecular flexibility index (Phi) is 6.95. The van der Waals surface area contributed by atoms with Gasteiger partial charge in [-0.2, -0.15) is 0 Å². The Labute approximate surface area is 184 Å². The summed E-state index contributed by atoms with van der Waals surface area (Å²) < 4.78 is 10.8. The minimum atomic E-state index is -0.494. The molecule has 0 atom stereocenters. The van der Waals surface area contributed by atoms with E-state index in [1.165, 1.54) is 5.56 Å². The van der Waals surface area contributed by atoms with Gasteiger partial charge in [-0.05, 0) is 68.2 Å². The first-order valence-electron chi connectivity index (χ1n) is 10.6. The first-order valence-corrected chi connectivity index (χ1v) is 10.6. The molecule has 0 aliphatic carbocycles. The molecule has 31 heavy (non-hydrogen) atoms. The molecule has 5 heteroatoms. The number of esters is 1. The summed E-state index contributed by atoms with van der Waals surface area (Å²) in [6.07, 6.45) is 1.76. The maximum absolute atomic E-state index is 13.4. The third-order valence-corrected chi connectivity index (χ3v) is 5.20. The first-order chi connectivity index (χ1) is 14.9. The van der Waals surface area contributed by atoms with Crippen LogP contribution in [0.5, 0.6) is 5.75 Å². The van der Waals surface area contributed by atoms with Crippen molar-refractivity contribution in [1.82, 2.24) is 0 Å². The quantitative estimate of drug-likeness (QED) is 0.441. The van der Waals surface area contributed by atoms with Crippen molar-refractivity contribution in [2.75, 3.05) is 18.1 Å². The maximum Gasteiger partial charge on any atom is 0.340 e. The van der Waals surface area contributed by atoms with Gasteiger partial charge in [-0.15, -0.1) is 0 Å². The van der Waals surface area contributed by atoms with E-state index < -0.39 is 5.97 Å². The standard InChI is InChI=1S/C26H29NO4/c1-6-30-22-14-12-21(13-15-22)27-18(5)24(26(29)31-7-2)23(25(27)28)16-19-8-10-20(11-9-19)17(3)4/h8-17H,6-7H2,1-5H3/b23-16-. The molecule has 1 amide bonds. The molecule has 0 saturated carbocycles. The molecule has 162 valence electrons. The second-order valence-electron chi connectivity index (χ2n) is 7.63. The summed E-state index contributed by atoms with van der Waals surface area (Å²) in [5, 5.41) is 0. The number of anilines is 1. The minimum absolute atomic E-state index is 0.239. The largest absolute Gasteiger partial charge is 0.494 e. The van der Waals surface area contributed by atoms with E-state index in [-0.39, 0.29) is 12.5 Å². The van der Waals surface area contributed by atoms with Gasteiger partial charge >= 0.3 is 5.97 Å². The Bertz CT molecular complexity index is 1010. The van der Waals surface area contributed by atoms with Gasteiger partial charge < -0.3 is 9.47 Å². The van der Waals surface area contributed by atoms with Crippen molar-refractivity contribution in [2.45, 2.75) is 40.5 Å². The van der Waals surface area contributed by atoms with Gasteiger partial charge in [-0.1, -0.05) is 38.1 Å². The Morgan fingerprint density at radius 3 is 2.19 bits per heavy atom. The van der Waals surface area contributed by atoms with E-state index in [4.69, 9.17) is 9.47 Å². The molecule has 0 aromatic heterocycles. The van der Waals surface area contributed by atoms with Gasteiger partial charge in [0.05, 0.1) is 24.4 Å². The van der Waals surface area contributed by atoms with Crippen LogP contribution in [-0.2, 0) is 14.3 Å². The highest BCUT2D eigenvalue weighted by atomic mass is 16.5. The van der Waals surface area contributed by atoms with Gasteiger partial charge in [-0.3, -0.25) is 9.69 Å². The summed E-state index contributed by atoms with van der Waals surface area (Å²) >= 11 is 0. The van der Waals surface area contributed by atoms with Gasteiger partial charge in [0.1, 0.15) is 5.75 Å². The molecule has 1 aliphatic heterocycles. The van der Waals surface area contributed by atoms with Gasteiger partial charge in [0, 0.05) is 11.4 Å². The van der Waals surface area contributed by atoms with Gasteiger partial charge in [0.2, 0.25) is 0 Å². The highest BCUT2D eigenvalue weighted by Crippen LogP contribution is 2.36. The smallest absolute Gasteiger partial charge is 0.340 e. The van der Waals surface area contributed by atoms with Crippen LogP contribution in [0.25, 0.3) is 6.08 Å². The number of amides is 1. The molecule has 0 radical (unpaired) electrons. The third-order valence-electron chi connectivity index (χ3n) is 5.20. The van der Waals surface area contributed by atoms with E-state index in [1.54, 1.807) is 24.8 Å². The Morgan fingerprint density at radius 1 is 1.00 bits per heavy atom. The van der Waals surface area contributed by atoms with Crippen molar-refractivity contribution >= 4 is 23.6 Å². The highest BCUT2D eigenvalue weighted by Gasteiger charge is 2.38. The van der Waals surface area contributed by atoms with Crippen LogP contribution in [0.3, 0.4) is 0 Å². The van der Waals surface area contributed by atoms with Gasteiger partial charge in [-0.25, -0.2) is 4.79 Å². The lowest BCUT2D eigenvalue weighted by molar-refractivity contribution is -0.138. The maximum atomic E-state index is 13.4. The van der Waals surface area contributed by atoms with Crippen LogP contribution in [-0.4, -0.2) is 25.1 Å². The normalized spacial score (nSPS) is 15.2. The summed E-state index contributed by atoms with van der Waals surface area (Å²) in [4.78, 5) is 27.7. The lowest BCUT2D eigenvalue weighted by Gasteiger charge is -2.18. The highest BCUT2D eigenvalue weighted by molar-refractivity contribution is 6.23. The molecule has 0 bridgehead atoms. The molecule has 1 aliphatic rings. The van der Waals surface area contributed by atoms with E-state index in [2.05, 4.69) is 13.8 Å². The summed E-state index contributed by atoms with van der Waals surface area (Å²) in [6, 6.07) is 15.3. The zero-order chi connectivity index (χ0) is 22.5. The van der Waals surface area contributed by atoms with E-state index >= 15 is 0 Å². The Balaban J connectivity index is 2.03. The van der Waals surface area contributed by atoms with Crippen molar-refractivity contribution < 1.29 is 19.1 Å². The van der Waals surface area contributed by atoms with Crippen LogP contribution in [0.4, 0.5) is 5.69 Å². The topological polar surface area (TPSA) is 55.8 Å². The number of rotatable bonds is 7. The van der Waals surface area contributed by atoms with Crippen molar-refractivity contribution in [3.8, 4) is 5.75 Å². The molecule has 2 aromatic rings. The average molecular weight is 420 g/mol. The number of carbonyl (C=O) groups excluding carboxylic acids is 2. The van der Waals surface area contributed by atoms with Gasteiger partial charge in [0.15, 0.2) is 0 Å². The molecule has 0 saturated heterocycles. The molecule has 0 fully saturated rings. The van der Waals surface area contributed by atoms with Crippen molar-refractivity contribution in [3.05, 3.63) is 76.5 Å². The third kappa shape index (κ3) is 4.71. The lowest BCUT2D eigenvalue weighted by Crippen LogP contribution is -2.24. The summed E-state index contributed by atoms with van der Waals surface area (Å²) in [5.74, 6) is 0.401. The fourth-order valence-electron chi connectivity index (χ4n) is 3.59. The number of benzene rings is 2. The minimum Gasteiger partial charge on any atom is -0.494 e. The molecule has 1 heterocycles. The zero-order valence-corrected chi connectivity index (χ0v) is 18.8. The summed E-state index contributed by atoms with van der Waals surface area (Å²) in [7, 11) is 0. The predicted octanol–water partition coefficient (Wildman–Crippen LogP) is 5.48. The van der Waals surface area contributed by atoms with Crippen molar-refractivity contribution in [2.24, 2.45) is 0 Å². The molecule has 0 spiro atoms. The van der Waals surface area contributed by atoms with Crippen LogP contribution >= 0.6 is 0 Å². The fraction of sp³-hybridized carbons (Fsp3) is 0.308. The zero-order valence-electron chi connectivity index (χ0n) is 18.8. The summed E-state index contributed by atoms with van der Waals surface area (Å²) in [5.41, 5.74) is 3.93. The average Bonchev–Trinajstić information content (AvgIpc) is 2.99. The van der Waals surface area contributed by atoms with E-state index in [1.807, 2.05) is 55.5 Å². The van der Waals surface area contributed by atoms with E-state index in [9.17, 15) is 9.59 Å². The van der Waals surface area contributed by atoms with Gasteiger partial charge in [0.25, 0.3) is 5.91 Å². The summed E-state index contributed by atoms with van der Waals surface area (Å²) in [6.45, 7) is 10.5. The number of hydrogen-bond acceptors (Lipinski definition) is 4. The van der Waals surface area contributed by atoms with Crippen molar-refractivity contribution in [3.63, 3.8) is 0 Å². The second-order valence-corrected chi connectivity index (χ2v) is 7.63. The Morgan fingerprint density at radius 2 is 1.65 bits per heavy atom. The van der Waals surface area contributed by atoms with Crippen molar-refractivity contribution in [1.29, 1.82) is 0 Å². The second kappa shape index (κ2) is 9.65. The van der Waals surface area contributed by atoms with Crippen LogP contribution in [0.2, 0.25) is 0 Å². The molecule has 3 rings (SSSR count). The number of allylic oxidation sites excluding steroid dienone is 1. The fourth-order valence-corrected chi connectivity index (χ4v) is 3.59. The van der Waals surface area contributed by atoms with Crippen LogP contribution in [0, 0.1) is 0 Å². The molecular formula is C26H29NO4. The number of nitrogens with zero attached hydrogens (tertiary/aromatic N) is 1. The lowest BCUT2D eigenvalue weighted by atomic mass is 9.99. The van der Waals surface area contributed by atoms with Crippen LogP contribution < -0.4 is 9.64 Å². The SMILES string of the molecule is CCOC(=O)C1=C(C)N(c2ccc(OCC)cc2)C(=O)/C1=C\c1ccc(C(C)C)cc1. The molecular weight excluding hydrogens is 390 g/mol. The van der Waals surface area contributed by atoms with Crippen LogP contribution in [0.1, 0.15) is 51.7 Å². The monoisotopic (exact) mass is 419 g/mol. The van der Waals surface area contributed by atoms with E-state index in [0.29, 0.717) is 35.1 Å². The number of ether oxygens (including phenoxy) is 2. The number of carbonyl (C=O) groups is 2. The first kappa shape index (κ1) is 22.3. The molecule has 0 unspecified atom stereocenters. The van der Waals surface area contributed by atoms with E-state index in [0.717, 1.165) is 11.3 Å². The van der Waals surface area contributed by atoms with Crippen LogP contribution in [0.15, 0.2) is 65.4 Å². The Hall–Kier alpha value is -3.34. The predicted molar refractivity (Wildman–Crippen MR) is 123 cm³/mol. The molecule has 0 N–H and O–H groups in total. The molecule has 5 nitrogen and oxygen atoms in total. The molecule has 2 aromatic carbocycles. The number of hydrogen-bond donors (Lipinski definition) is 0.